The Labute approximate surface area is 279 Å². The van der Waals surface area contributed by atoms with Crippen molar-refractivity contribution in [3.8, 4) is 0 Å². The van der Waals surface area contributed by atoms with Gasteiger partial charge in [-0.25, -0.2) is 8.42 Å². The van der Waals surface area contributed by atoms with Crippen molar-refractivity contribution in [2.75, 3.05) is 10.8 Å². The Balaban J connectivity index is 1.81. The molecule has 4 aromatic rings. The molecule has 0 bridgehead atoms. The molecule has 4 aromatic carbocycles. The minimum Gasteiger partial charge on any atom is -0.350 e. The van der Waals surface area contributed by atoms with E-state index in [0.29, 0.717) is 15.6 Å². The average Bonchev–Trinajstić information content (AvgIpc) is 2.99. The van der Waals surface area contributed by atoms with Crippen molar-refractivity contribution < 1.29 is 18.0 Å². The van der Waals surface area contributed by atoms with Crippen molar-refractivity contribution in [1.82, 2.24) is 10.2 Å². The van der Waals surface area contributed by atoms with E-state index in [1.807, 2.05) is 51.1 Å². The Morgan fingerprint density at radius 2 is 1.38 bits per heavy atom. The fraction of sp³-hybridized carbons (Fsp3) is 0.235. The summed E-state index contributed by atoms with van der Waals surface area (Å²) in [4.78, 5) is 29.8. The van der Waals surface area contributed by atoms with Crippen LogP contribution in [0, 0.1) is 0 Å². The fourth-order valence-corrected chi connectivity index (χ4v) is 6.56. The third kappa shape index (κ3) is 9.23. The van der Waals surface area contributed by atoms with Crippen LogP contribution in [-0.2, 0) is 32.6 Å². The SMILES string of the molecule is CC(C)(C)NC(=O)[C@@H](Cc1ccccc1)N(Cc1ccc(Cl)c(Cl)c1)C(=O)CN(c1ccccc1)S(=O)(=O)c1ccc(Cl)cc1. The second kappa shape index (κ2) is 14.7. The van der Waals surface area contributed by atoms with E-state index in [1.54, 1.807) is 48.5 Å². The number of anilines is 1. The first kappa shape index (κ1) is 34.3. The molecular formula is C34H34Cl3N3O4S. The van der Waals surface area contributed by atoms with Crippen molar-refractivity contribution in [1.29, 1.82) is 0 Å². The summed E-state index contributed by atoms with van der Waals surface area (Å²) in [6.45, 7) is 4.95. The standard InChI is InChI=1S/C34H34Cl3N3O4S/c1-34(2,3)38-33(42)31(21-24-10-6-4-7-11-24)39(22-25-14-19-29(36)30(37)20-25)32(41)23-40(27-12-8-5-9-13-27)45(43,44)28-17-15-26(35)16-18-28/h4-20,31H,21-23H2,1-3H3,(H,38,42)/t31-/m1/s1. The van der Waals surface area contributed by atoms with Gasteiger partial charge < -0.3 is 10.2 Å². The molecule has 0 saturated carbocycles. The maximum Gasteiger partial charge on any atom is 0.264 e. The van der Waals surface area contributed by atoms with Crippen LogP contribution in [0.15, 0.2) is 108 Å². The van der Waals surface area contributed by atoms with E-state index in [0.717, 1.165) is 9.87 Å². The second-order valence-corrected chi connectivity index (χ2v) is 14.6. The Morgan fingerprint density at radius 3 is 1.96 bits per heavy atom. The summed E-state index contributed by atoms with van der Waals surface area (Å²) in [5, 5.41) is 4.01. The van der Waals surface area contributed by atoms with Gasteiger partial charge >= 0.3 is 0 Å². The van der Waals surface area contributed by atoms with Gasteiger partial charge in [-0.3, -0.25) is 13.9 Å². The van der Waals surface area contributed by atoms with E-state index in [-0.39, 0.29) is 34.5 Å². The summed E-state index contributed by atoms with van der Waals surface area (Å²) >= 11 is 18.5. The van der Waals surface area contributed by atoms with E-state index >= 15 is 0 Å². The molecule has 0 unspecified atom stereocenters. The molecule has 7 nitrogen and oxygen atoms in total. The van der Waals surface area contributed by atoms with Gasteiger partial charge in [0, 0.05) is 23.5 Å². The first-order chi connectivity index (χ1) is 21.2. The first-order valence-corrected chi connectivity index (χ1v) is 16.7. The van der Waals surface area contributed by atoms with Crippen molar-refractivity contribution in [2.24, 2.45) is 0 Å². The number of nitrogens with zero attached hydrogens (tertiary/aromatic N) is 2. The van der Waals surface area contributed by atoms with Crippen molar-refractivity contribution in [3.63, 3.8) is 0 Å². The third-order valence-electron chi connectivity index (χ3n) is 6.83. The number of carbonyl (C=O) groups is 2. The molecule has 0 aliphatic carbocycles. The van der Waals surface area contributed by atoms with Crippen LogP contribution in [0.4, 0.5) is 5.69 Å². The van der Waals surface area contributed by atoms with Gasteiger partial charge in [0.05, 0.1) is 20.6 Å². The largest absolute Gasteiger partial charge is 0.350 e. The van der Waals surface area contributed by atoms with Crippen LogP contribution in [0.1, 0.15) is 31.9 Å². The quantitative estimate of drug-likeness (QED) is 0.178. The lowest BCUT2D eigenvalue weighted by atomic mass is 10.0. The molecule has 236 valence electrons. The molecule has 0 spiro atoms. The molecule has 0 fully saturated rings. The number of sulfonamides is 1. The molecule has 2 amide bonds. The zero-order valence-corrected chi connectivity index (χ0v) is 28.2. The van der Waals surface area contributed by atoms with Gasteiger partial charge in [-0.1, -0.05) is 89.4 Å². The fourth-order valence-electron chi connectivity index (χ4n) is 4.70. The van der Waals surface area contributed by atoms with Gasteiger partial charge in [0.2, 0.25) is 11.8 Å². The molecule has 0 radical (unpaired) electrons. The van der Waals surface area contributed by atoms with E-state index in [2.05, 4.69) is 5.32 Å². The Morgan fingerprint density at radius 1 is 0.778 bits per heavy atom. The minimum atomic E-state index is -4.23. The maximum atomic E-state index is 14.5. The lowest BCUT2D eigenvalue weighted by Gasteiger charge is -2.35. The number of halogens is 3. The minimum absolute atomic E-state index is 0.0333. The van der Waals surface area contributed by atoms with Gasteiger partial charge in [0.25, 0.3) is 10.0 Å². The van der Waals surface area contributed by atoms with Crippen molar-refractivity contribution in [2.45, 2.75) is 50.2 Å². The highest BCUT2D eigenvalue weighted by Gasteiger charge is 2.35. The highest BCUT2D eigenvalue weighted by Crippen LogP contribution is 2.27. The average molecular weight is 687 g/mol. The second-order valence-electron chi connectivity index (χ2n) is 11.5. The van der Waals surface area contributed by atoms with E-state index in [4.69, 9.17) is 34.8 Å². The van der Waals surface area contributed by atoms with Crippen LogP contribution in [0.3, 0.4) is 0 Å². The van der Waals surface area contributed by atoms with E-state index in [9.17, 15) is 18.0 Å². The maximum absolute atomic E-state index is 14.5. The number of rotatable bonds is 11. The Kier molecular flexibility index (Phi) is 11.2. The molecule has 0 heterocycles. The zero-order valence-electron chi connectivity index (χ0n) is 25.1. The van der Waals surface area contributed by atoms with E-state index in [1.165, 1.54) is 29.2 Å². The van der Waals surface area contributed by atoms with Crippen LogP contribution >= 0.6 is 34.8 Å². The Bertz CT molecular complexity index is 1730. The first-order valence-electron chi connectivity index (χ1n) is 14.2. The summed E-state index contributed by atoms with van der Waals surface area (Å²) in [6.07, 6.45) is 0.186. The van der Waals surface area contributed by atoms with Crippen LogP contribution in [0.2, 0.25) is 15.1 Å². The summed E-state index contributed by atoms with van der Waals surface area (Å²) in [5.74, 6) is -0.973. The number of para-hydroxylation sites is 1. The lowest BCUT2D eigenvalue weighted by Crippen LogP contribution is -2.56. The molecule has 0 aromatic heterocycles. The molecule has 1 atom stereocenters. The monoisotopic (exact) mass is 685 g/mol. The summed E-state index contributed by atoms with van der Waals surface area (Å²) < 4.78 is 29.1. The van der Waals surface area contributed by atoms with E-state index < -0.39 is 34.1 Å². The molecule has 45 heavy (non-hydrogen) atoms. The molecule has 4 rings (SSSR count). The number of carbonyl (C=O) groups excluding carboxylic acids is 2. The van der Waals surface area contributed by atoms with Crippen molar-refractivity contribution in [3.05, 3.63) is 129 Å². The van der Waals surface area contributed by atoms with Gasteiger partial charge in [-0.05, 0) is 80.4 Å². The van der Waals surface area contributed by atoms with Gasteiger partial charge in [0.1, 0.15) is 12.6 Å². The number of amides is 2. The molecule has 0 saturated heterocycles. The highest BCUT2D eigenvalue weighted by molar-refractivity contribution is 7.92. The number of hydrogen-bond acceptors (Lipinski definition) is 4. The predicted octanol–water partition coefficient (Wildman–Crippen LogP) is 7.40. The van der Waals surface area contributed by atoms with Crippen LogP contribution < -0.4 is 9.62 Å². The lowest BCUT2D eigenvalue weighted by molar-refractivity contribution is -0.140. The highest BCUT2D eigenvalue weighted by atomic mass is 35.5. The number of benzene rings is 4. The van der Waals surface area contributed by atoms with Crippen LogP contribution in [0.5, 0.6) is 0 Å². The predicted molar refractivity (Wildman–Crippen MR) is 181 cm³/mol. The van der Waals surface area contributed by atoms with Gasteiger partial charge in [-0.2, -0.15) is 0 Å². The number of hydrogen-bond donors (Lipinski definition) is 1. The summed E-state index contributed by atoms with van der Waals surface area (Å²) in [6, 6.07) is 27.4. The smallest absolute Gasteiger partial charge is 0.264 e. The molecule has 1 N–H and O–H groups in total. The number of nitrogens with one attached hydrogen (secondary N) is 1. The topological polar surface area (TPSA) is 86.8 Å². The molecule has 11 heteroatoms. The van der Waals surface area contributed by atoms with Gasteiger partial charge in [-0.15, -0.1) is 0 Å². The van der Waals surface area contributed by atoms with Gasteiger partial charge in [0.15, 0.2) is 0 Å². The zero-order chi connectivity index (χ0) is 32.8. The summed E-state index contributed by atoms with van der Waals surface area (Å²) in [5.41, 5.74) is 1.13. The van der Waals surface area contributed by atoms with Crippen molar-refractivity contribution >= 4 is 62.3 Å². The van der Waals surface area contributed by atoms with Crippen LogP contribution in [-0.4, -0.2) is 43.3 Å². The molecular weight excluding hydrogens is 653 g/mol. The molecule has 0 aliphatic heterocycles. The third-order valence-corrected chi connectivity index (χ3v) is 9.61. The summed E-state index contributed by atoms with van der Waals surface area (Å²) in [7, 11) is -4.23. The van der Waals surface area contributed by atoms with Crippen LogP contribution in [0.25, 0.3) is 0 Å². The molecule has 0 aliphatic rings. The Hall–Kier alpha value is -3.56. The normalized spacial score (nSPS) is 12.3.